The van der Waals surface area contributed by atoms with E-state index in [1.807, 2.05) is 0 Å². The monoisotopic (exact) mass is 320 g/mol. The van der Waals surface area contributed by atoms with E-state index in [0.29, 0.717) is 32.0 Å². The first-order chi connectivity index (χ1) is 10.5. The Hall–Kier alpha value is -1.35. The van der Waals surface area contributed by atoms with E-state index >= 15 is 0 Å². The minimum absolute atomic E-state index is 0.281. The van der Waals surface area contributed by atoms with Gasteiger partial charge in [0.2, 0.25) is 0 Å². The Morgan fingerprint density at radius 1 is 0.864 bits per heavy atom. The summed E-state index contributed by atoms with van der Waals surface area (Å²) in [5.74, 6) is -0.651. The molecule has 2 fully saturated rings. The van der Waals surface area contributed by atoms with Crippen molar-refractivity contribution >= 4 is 0 Å². The molecule has 0 saturated carbocycles. The summed E-state index contributed by atoms with van der Waals surface area (Å²) in [5, 5.41) is 0. The van der Waals surface area contributed by atoms with Gasteiger partial charge in [0.15, 0.2) is 12.6 Å². The zero-order valence-corrected chi connectivity index (χ0v) is 11.5. The van der Waals surface area contributed by atoms with Crippen molar-refractivity contribution in [2.24, 2.45) is 0 Å². The molecule has 0 unspecified atom stereocenters. The van der Waals surface area contributed by atoms with Crippen molar-refractivity contribution in [3.05, 3.63) is 29.8 Å². The Kier molecular flexibility index (Phi) is 4.53. The first-order valence-electron chi connectivity index (χ1n) is 6.85. The van der Waals surface area contributed by atoms with Gasteiger partial charge in [-0.15, -0.1) is 13.2 Å². The molecule has 2 aliphatic rings. The van der Waals surface area contributed by atoms with Crippen molar-refractivity contribution in [2.45, 2.75) is 24.9 Å². The lowest BCUT2D eigenvalue weighted by molar-refractivity contribution is -0.274. The van der Waals surface area contributed by atoms with Crippen molar-refractivity contribution in [2.75, 3.05) is 26.4 Å². The first-order valence-corrected chi connectivity index (χ1v) is 6.85. The summed E-state index contributed by atoms with van der Waals surface area (Å²) in [4.78, 5) is 0. The van der Waals surface area contributed by atoms with E-state index in [9.17, 15) is 13.2 Å². The van der Waals surface area contributed by atoms with E-state index in [1.54, 1.807) is 0 Å². The van der Waals surface area contributed by atoms with Gasteiger partial charge < -0.3 is 23.7 Å². The van der Waals surface area contributed by atoms with Crippen molar-refractivity contribution in [1.82, 2.24) is 0 Å². The largest absolute Gasteiger partial charge is 0.573 e. The molecule has 1 aromatic rings. The van der Waals surface area contributed by atoms with Crippen LogP contribution in [-0.2, 0) is 18.9 Å². The lowest BCUT2D eigenvalue weighted by Gasteiger charge is -2.27. The normalized spacial score (nSPS) is 20.9. The van der Waals surface area contributed by atoms with Crippen LogP contribution in [0.15, 0.2) is 24.3 Å². The highest BCUT2D eigenvalue weighted by Gasteiger charge is 2.38. The molecular formula is C14H15F3O5. The quantitative estimate of drug-likeness (QED) is 0.852. The Morgan fingerprint density at radius 3 is 1.73 bits per heavy atom. The maximum absolute atomic E-state index is 12.2. The fourth-order valence-corrected chi connectivity index (χ4v) is 2.50. The van der Waals surface area contributed by atoms with E-state index < -0.39 is 18.9 Å². The van der Waals surface area contributed by atoms with Crippen LogP contribution in [0.1, 0.15) is 11.5 Å². The van der Waals surface area contributed by atoms with Gasteiger partial charge in [-0.3, -0.25) is 0 Å². The van der Waals surface area contributed by atoms with E-state index in [0.717, 1.165) is 0 Å². The van der Waals surface area contributed by atoms with Gasteiger partial charge in [0.25, 0.3) is 0 Å². The van der Waals surface area contributed by atoms with Crippen molar-refractivity contribution in [3.8, 4) is 5.75 Å². The Labute approximate surface area is 124 Å². The second kappa shape index (κ2) is 6.41. The molecule has 22 heavy (non-hydrogen) atoms. The number of halogens is 3. The van der Waals surface area contributed by atoms with Gasteiger partial charge in [-0.1, -0.05) is 12.1 Å². The second-order valence-corrected chi connectivity index (χ2v) is 4.86. The molecule has 5 nitrogen and oxygen atoms in total. The minimum Gasteiger partial charge on any atom is -0.406 e. The van der Waals surface area contributed by atoms with E-state index in [1.165, 1.54) is 24.3 Å². The van der Waals surface area contributed by atoms with Gasteiger partial charge in [-0.05, 0) is 17.7 Å². The lowest BCUT2D eigenvalue weighted by atomic mass is 9.97. The van der Waals surface area contributed by atoms with E-state index in [2.05, 4.69) is 4.74 Å². The maximum Gasteiger partial charge on any atom is 0.573 e. The third kappa shape index (κ3) is 3.70. The summed E-state index contributed by atoms with van der Waals surface area (Å²) in [6.45, 7) is 1.85. The molecule has 0 radical (unpaired) electrons. The molecule has 0 amide bonds. The van der Waals surface area contributed by atoms with Crippen LogP contribution < -0.4 is 4.74 Å². The fourth-order valence-electron chi connectivity index (χ4n) is 2.50. The van der Waals surface area contributed by atoms with Gasteiger partial charge in [0.1, 0.15) is 5.75 Å². The van der Waals surface area contributed by atoms with Crippen LogP contribution >= 0.6 is 0 Å². The van der Waals surface area contributed by atoms with E-state index in [-0.39, 0.29) is 11.7 Å². The molecule has 2 heterocycles. The lowest BCUT2D eigenvalue weighted by Crippen LogP contribution is -2.31. The van der Waals surface area contributed by atoms with Crippen molar-refractivity contribution < 1.29 is 36.9 Å². The topological polar surface area (TPSA) is 46.2 Å². The van der Waals surface area contributed by atoms with Crippen LogP contribution in [0.5, 0.6) is 5.75 Å². The predicted molar refractivity (Wildman–Crippen MR) is 67.3 cm³/mol. The summed E-state index contributed by atoms with van der Waals surface area (Å²) in [6.07, 6.45) is -5.80. The van der Waals surface area contributed by atoms with Gasteiger partial charge in [0.05, 0.1) is 32.3 Å². The molecule has 2 saturated heterocycles. The number of benzene rings is 1. The molecular weight excluding hydrogens is 305 g/mol. The standard InChI is InChI=1S/C14H15F3O5/c15-14(16,17)22-10-3-1-9(2-4-10)11(12-18-5-6-19-12)13-20-7-8-21-13/h1-4,11-13H,5-8H2. The van der Waals surface area contributed by atoms with Crippen molar-refractivity contribution in [3.63, 3.8) is 0 Å². The highest BCUT2D eigenvalue weighted by molar-refractivity contribution is 5.30. The second-order valence-electron chi connectivity index (χ2n) is 4.86. The molecule has 0 atom stereocenters. The molecule has 0 N–H and O–H groups in total. The molecule has 2 aliphatic heterocycles. The zero-order valence-electron chi connectivity index (χ0n) is 11.5. The predicted octanol–water partition coefficient (Wildman–Crippen LogP) is 2.41. The molecule has 0 spiro atoms. The van der Waals surface area contributed by atoms with Crippen LogP contribution in [0.4, 0.5) is 13.2 Å². The average molecular weight is 320 g/mol. The van der Waals surface area contributed by atoms with Gasteiger partial charge in [-0.2, -0.15) is 0 Å². The Bertz CT molecular complexity index is 462. The van der Waals surface area contributed by atoms with Gasteiger partial charge >= 0.3 is 6.36 Å². The molecule has 1 aromatic carbocycles. The van der Waals surface area contributed by atoms with Crippen molar-refractivity contribution in [1.29, 1.82) is 0 Å². The van der Waals surface area contributed by atoms with Crippen LogP contribution in [0.3, 0.4) is 0 Å². The minimum atomic E-state index is -4.71. The molecule has 0 aliphatic carbocycles. The van der Waals surface area contributed by atoms with Crippen LogP contribution in [0, 0.1) is 0 Å². The fraction of sp³-hybridized carbons (Fsp3) is 0.571. The number of alkyl halides is 3. The van der Waals surface area contributed by atoms with Gasteiger partial charge in [0, 0.05) is 0 Å². The SMILES string of the molecule is FC(F)(F)Oc1ccc(C(C2OCCO2)C2OCCO2)cc1. The summed E-state index contributed by atoms with van der Waals surface area (Å²) in [6, 6.07) is 5.56. The number of rotatable bonds is 4. The number of hydrogen-bond donors (Lipinski definition) is 0. The highest BCUT2D eigenvalue weighted by Crippen LogP contribution is 2.34. The van der Waals surface area contributed by atoms with Gasteiger partial charge in [-0.25, -0.2) is 0 Å². The summed E-state index contributed by atoms with van der Waals surface area (Å²) < 4.78 is 62.4. The Balaban J connectivity index is 1.78. The van der Waals surface area contributed by atoms with E-state index in [4.69, 9.17) is 18.9 Å². The molecule has 3 rings (SSSR count). The average Bonchev–Trinajstić information content (AvgIpc) is 3.13. The van der Waals surface area contributed by atoms with Crippen LogP contribution in [0.2, 0.25) is 0 Å². The van der Waals surface area contributed by atoms with Crippen LogP contribution in [0.25, 0.3) is 0 Å². The number of ether oxygens (including phenoxy) is 5. The summed E-state index contributed by atoms with van der Waals surface area (Å²) >= 11 is 0. The summed E-state index contributed by atoms with van der Waals surface area (Å²) in [7, 11) is 0. The third-order valence-corrected chi connectivity index (χ3v) is 3.38. The zero-order chi connectivity index (χ0) is 15.6. The molecule has 0 bridgehead atoms. The smallest absolute Gasteiger partial charge is 0.406 e. The third-order valence-electron chi connectivity index (χ3n) is 3.38. The Morgan fingerprint density at radius 2 is 1.32 bits per heavy atom. The molecule has 122 valence electrons. The molecule has 0 aromatic heterocycles. The maximum atomic E-state index is 12.2. The van der Waals surface area contributed by atoms with Crippen LogP contribution in [-0.4, -0.2) is 45.4 Å². The highest BCUT2D eigenvalue weighted by atomic mass is 19.4. The number of hydrogen-bond acceptors (Lipinski definition) is 5. The first kappa shape index (κ1) is 15.5. The molecule has 8 heteroatoms. The summed E-state index contributed by atoms with van der Waals surface area (Å²) in [5.41, 5.74) is 0.702.